The van der Waals surface area contributed by atoms with E-state index in [0.29, 0.717) is 23.6 Å². The second-order valence-corrected chi connectivity index (χ2v) is 6.46. The van der Waals surface area contributed by atoms with E-state index >= 15 is 0 Å². The lowest BCUT2D eigenvalue weighted by atomic mass is 10.1. The van der Waals surface area contributed by atoms with Crippen molar-refractivity contribution < 1.29 is 28.2 Å². The first-order chi connectivity index (χ1) is 15.0. The van der Waals surface area contributed by atoms with Crippen molar-refractivity contribution >= 4 is 17.6 Å². The molecule has 0 aliphatic carbocycles. The van der Waals surface area contributed by atoms with E-state index < -0.39 is 23.8 Å². The first-order valence-corrected chi connectivity index (χ1v) is 9.65. The average Bonchev–Trinajstić information content (AvgIpc) is 2.79. The zero-order valence-corrected chi connectivity index (χ0v) is 17.1. The topological polar surface area (TPSA) is 73.9 Å². The molecule has 1 amide bonds. The van der Waals surface area contributed by atoms with E-state index in [1.54, 1.807) is 54.6 Å². The van der Waals surface area contributed by atoms with E-state index in [-0.39, 0.29) is 11.3 Å². The molecule has 0 saturated carbocycles. The highest BCUT2D eigenvalue weighted by Crippen LogP contribution is 2.27. The van der Waals surface area contributed by atoms with Crippen LogP contribution in [-0.4, -0.2) is 25.6 Å². The molecule has 3 rings (SSSR count). The lowest BCUT2D eigenvalue weighted by Crippen LogP contribution is -2.26. The molecule has 0 spiro atoms. The molecule has 0 aliphatic rings. The van der Waals surface area contributed by atoms with E-state index in [4.69, 9.17) is 14.2 Å². The number of rotatable bonds is 8. The zero-order chi connectivity index (χ0) is 22.2. The van der Waals surface area contributed by atoms with Crippen molar-refractivity contribution in [1.82, 2.24) is 0 Å². The summed E-state index contributed by atoms with van der Waals surface area (Å²) in [5.41, 5.74) is 0.572. The molecule has 0 aromatic heterocycles. The van der Waals surface area contributed by atoms with Crippen molar-refractivity contribution in [1.29, 1.82) is 0 Å². The molecule has 6 nitrogen and oxygen atoms in total. The van der Waals surface area contributed by atoms with Gasteiger partial charge >= 0.3 is 5.97 Å². The van der Waals surface area contributed by atoms with Gasteiger partial charge in [-0.1, -0.05) is 42.5 Å². The van der Waals surface area contributed by atoms with E-state index in [0.717, 1.165) is 6.07 Å². The number of amides is 1. The van der Waals surface area contributed by atoms with Crippen LogP contribution < -0.4 is 14.8 Å². The van der Waals surface area contributed by atoms with Gasteiger partial charge in [0.15, 0.2) is 0 Å². The van der Waals surface area contributed by atoms with E-state index in [1.807, 2.05) is 6.92 Å². The molecule has 0 bridgehead atoms. The molecule has 0 fully saturated rings. The van der Waals surface area contributed by atoms with Crippen LogP contribution in [0.3, 0.4) is 0 Å². The zero-order valence-electron chi connectivity index (χ0n) is 17.1. The number of halogens is 1. The van der Waals surface area contributed by atoms with Crippen molar-refractivity contribution in [3.8, 4) is 11.5 Å². The number of methoxy groups -OCH3 is 1. The summed E-state index contributed by atoms with van der Waals surface area (Å²) in [6.07, 6.45) is -1.30. The maximum absolute atomic E-state index is 14.3. The molecule has 0 radical (unpaired) electrons. The molecule has 3 aromatic rings. The summed E-state index contributed by atoms with van der Waals surface area (Å²) in [7, 11) is 1.39. The Morgan fingerprint density at radius 2 is 1.71 bits per heavy atom. The normalized spacial score (nSPS) is 11.3. The Morgan fingerprint density at radius 3 is 2.39 bits per heavy atom. The highest BCUT2D eigenvalue weighted by molar-refractivity contribution is 5.99. The quantitative estimate of drug-likeness (QED) is 0.529. The first-order valence-electron chi connectivity index (χ1n) is 9.65. The van der Waals surface area contributed by atoms with Gasteiger partial charge in [-0.25, -0.2) is 9.18 Å². The Hall–Kier alpha value is -3.87. The number of benzene rings is 3. The number of hydrogen-bond donors (Lipinski definition) is 1. The predicted molar refractivity (Wildman–Crippen MR) is 114 cm³/mol. The van der Waals surface area contributed by atoms with Crippen molar-refractivity contribution in [2.45, 2.75) is 13.0 Å². The molecule has 1 N–H and O–H groups in total. The van der Waals surface area contributed by atoms with Gasteiger partial charge in [-0.3, -0.25) is 4.79 Å². The Balaban J connectivity index is 1.87. The third-order valence-electron chi connectivity index (χ3n) is 4.41. The fraction of sp³-hybridized carbons (Fsp3) is 0.167. The van der Waals surface area contributed by atoms with Crippen molar-refractivity contribution in [2.75, 3.05) is 19.0 Å². The van der Waals surface area contributed by atoms with Gasteiger partial charge in [0.1, 0.15) is 17.3 Å². The van der Waals surface area contributed by atoms with Gasteiger partial charge in [0.05, 0.1) is 25.0 Å². The summed E-state index contributed by atoms with van der Waals surface area (Å²) in [5, 5.41) is 2.73. The Morgan fingerprint density at radius 1 is 1.00 bits per heavy atom. The Bertz CT molecular complexity index is 1050. The fourth-order valence-corrected chi connectivity index (χ4v) is 2.91. The number of hydrogen-bond acceptors (Lipinski definition) is 5. The van der Waals surface area contributed by atoms with Crippen LogP contribution in [0.5, 0.6) is 11.5 Å². The highest BCUT2D eigenvalue weighted by atomic mass is 19.1. The smallest absolute Gasteiger partial charge is 0.342 e. The molecule has 31 heavy (non-hydrogen) atoms. The Kier molecular flexibility index (Phi) is 7.22. The van der Waals surface area contributed by atoms with E-state index in [1.165, 1.54) is 19.2 Å². The second-order valence-electron chi connectivity index (χ2n) is 6.46. The van der Waals surface area contributed by atoms with Crippen LogP contribution in [0.1, 0.15) is 28.9 Å². The SMILES string of the molecule is CCOc1ccccc1NC(=O)C(OC(=O)c1ccc(OC)cc1F)c1ccccc1. The van der Waals surface area contributed by atoms with Crippen LogP contribution in [0.2, 0.25) is 0 Å². The van der Waals surface area contributed by atoms with Crippen LogP contribution in [0.25, 0.3) is 0 Å². The van der Waals surface area contributed by atoms with Crippen LogP contribution in [-0.2, 0) is 9.53 Å². The van der Waals surface area contributed by atoms with Gasteiger partial charge in [-0.05, 0) is 31.2 Å². The number of ether oxygens (including phenoxy) is 3. The van der Waals surface area contributed by atoms with Gasteiger partial charge in [0.25, 0.3) is 5.91 Å². The van der Waals surface area contributed by atoms with Crippen molar-refractivity contribution in [3.63, 3.8) is 0 Å². The number of carbonyl (C=O) groups is 2. The summed E-state index contributed by atoms with van der Waals surface area (Å²) in [6.45, 7) is 2.25. The van der Waals surface area contributed by atoms with Gasteiger partial charge in [0.2, 0.25) is 6.10 Å². The lowest BCUT2D eigenvalue weighted by molar-refractivity contribution is -0.125. The van der Waals surface area contributed by atoms with Gasteiger partial charge in [-0.2, -0.15) is 0 Å². The second kappa shape index (κ2) is 10.2. The molecule has 1 unspecified atom stereocenters. The summed E-state index contributed by atoms with van der Waals surface area (Å²) in [6, 6.07) is 19.2. The predicted octanol–water partition coefficient (Wildman–Crippen LogP) is 4.77. The molecule has 0 saturated heterocycles. The van der Waals surface area contributed by atoms with Crippen molar-refractivity contribution in [2.24, 2.45) is 0 Å². The Labute approximate surface area is 179 Å². The molecule has 0 aliphatic heterocycles. The highest BCUT2D eigenvalue weighted by Gasteiger charge is 2.27. The minimum Gasteiger partial charge on any atom is -0.497 e. The largest absolute Gasteiger partial charge is 0.497 e. The minimum absolute atomic E-state index is 0.263. The fourth-order valence-electron chi connectivity index (χ4n) is 2.91. The van der Waals surface area contributed by atoms with Crippen LogP contribution in [0.4, 0.5) is 10.1 Å². The third-order valence-corrected chi connectivity index (χ3v) is 4.41. The maximum atomic E-state index is 14.3. The number of nitrogens with one attached hydrogen (secondary N) is 1. The monoisotopic (exact) mass is 423 g/mol. The van der Waals surface area contributed by atoms with Crippen LogP contribution in [0.15, 0.2) is 72.8 Å². The first kappa shape index (κ1) is 21.8. The molecule has 7 heteroatoms. The van der Waals surface area contributed by atoms with Crippen LogP contribution in [0, 0.1) is 5.82 Å². The summed E-state index contributed by atoms with van der Waals surface area (Å²) >= 11 is 0. The molecular weight excluding hydrogens is 401 g/mol. The van der Waals surface area contributed by atoms with E-state index in [2.05, 4.69) is 5.32 Å². The van der Waals surface area contributed by atoms with Gasteiger partial charge in [0, 0.05) is 11.6 Å². The molecule has 3 aromatic carbocycles. The lowest BCUT2D eigenvalue weighted by Gasteiger charge is -2.19. The van der Waals surface area contributed by atoms with Crippen molar-refractivity contribution in [3.05, 3.63) is 89.7 Å². The third kappa shape index (κ3) is 5.39. The van der Waals surface area contributed by atoms with E-state index in [9.17, 15) is 14.0 Å². The summed E-state index contributed by atoms with van der Waals surface area (Å²) in [5.74, 6) is -1.63. The molecule has 160 valence electrons. The standard InChI is InChI=1S/C24H22FNO5/c1-3-30-21-12-8-7-11-20(21)26-23(27)22(16-9-5-4-6-10-16)31-24(28)18-14-13-17(29-2)15-19(18)25/h4-15,22H,3H2,1-2H3,(H,26,27). The summed E-state index contributed by atoms with van der Waals surface area (Å²) < 4.78 is 30.2. The maximum Gasteiger partial charge on any atom is 0.342 e. The number of carbonyl (C=O) groups excluding carboxylic acids is 2. The minimum atomic E-state index is -1.30. The van der Waals surface area contributed by atoms with Crippen LogP contribution >= 0.6 is 0 Å². The summed E-state index contributed by atoms with van der Waals surface area (Å²) in [4.78, 5) is 25.7. The number of para-hydroxylation sites is 2. The number of anilines is 1. The average molecular weight is 423 g/mol. The number of esters is 1. The molecule has 0 heterocycles. The molecule has 1 atom stereocenters. The van der Waals surface area contributed by atoms with Gasteiger partial charge < -0.3 is 19.5 Å². The van der Waals surface area contributed by atoms with Gasteiger partial charge in [-0.15, -0.1) is 0 Å². The molecular formula is C24H22FNO5.